The van der Waals surface area contributed by atoms with Crippen LogP contribution in [0.5, 0.6) is 0 Å². The number of hydrogen-bond acceptors (Lipinski definition) is 1. The third-order valence-corrected chi connectivity index (χ3v) is 2.41. The summed E-state index contributed by atoms with van der Waals surface area (Å²) in [5.74, 6) is 0.391. The molecule has 0 spiro atoms. The Morgan fingerprint density at radius 1 is 1.47 bits per heavy atom. The van der Waals surface area contributed by atoms with E-state index in [-0.39, 0.29) is 6.03 Å². The Hall–Kier alpha value is -0.930. The summed E-state index contributed by atoms with van der Waals surface area (Å²) >= 11 is 11.3. The molecule has 0 fully saturated rings. The Bertz CT molecular complexity index is 355. The number of carbonyl (C=O) groups excluding carboxylic acids is 1. The van der Waals surface area contributed by atoms with Crippen molar-refractivity contribution in [3.05, 3.63) is 28.8 Å². The van der Waals surface area contributed by atoms with Crippen molar-refractivity contribution in [2.24, 2.45) is 0 Å². The maximum atomic E-state index is 11.2. The molecule has 0 atom stereocenters. The van der Waals surface area contributed by atoms with E-state index in [9.17, 15) is 4.79 Å². The van der Waals surface area contributed by atoms with Gasteiger partial charge in [0.05, 0.1) is 0 Å². The molecule has 1 aromatic rings. The van der Waals surface area contributed by atoms with Crippen LogP contribution in [0.3, 0.4) is 0 Å². The monoisotopic (exact) mass is 246 g/mol. The zero-order chi connectivity index (χ0) is 11.3. The molecule has 82 valence electrons. The lowest BCUT2D eigenvalue weighted by Gasteiger charge is -2.07. The maximum Gasteiger partial charge on any atom is 0.319 e. The van der Waals surface area contributed by atoms with Crippen molar-refractivity contribution in [3.63, 3.8) is 0 Å². The second-order valence-corrected chi connectivity index (χ2v) is 3.82. The van der Waals surface area contributed by atoms with Crippen LogP contribution >= 0.6 is 23.2 Å². The highest BCUT2D eigenvalue weighted by molar-refractivity contribution is 6.31. The molecular formula is C10H12Cl2N2O. The fourth-order valence-electron chi connectivity index (χ4n) is 1.01. The van der Waals surface area contributed by atoms with Gasteiger partial charge in [0.25, 0.3) is 0 Å². The van der Waals surface area contributed by atoms with E-state index >= 15 is 0 Å². The average Bonchev–Trinajstić information content (AvgIpc) is 2.20. The Morgan fingerprint density at radius 3 is 2.80 bits per heavy atom. The summed E-state index contributed by atoms with van der Waals surface area (Å²) in [5.41, 5.74) is 1.64. The molecule has 0 saturated carbocycles. The molecule has 0 radical (unpaired) electrons. The molecule has 2 N–H and O–H groups in total. The van der Waals surface area contributed by atoms with E-state index in [0.29, 0.717) is 23.1 Å². The van der Waals surface area contributed by atoms with Crippen LogP contribution in [0.4, 0.5) is 10.5 Å². The Kier molecular flexibility index (Phi) is 4.72. The molecule has 1 aromatic carbocycles. The van der Waals surface area contributed by atoms with Gasteiger partial charge in [-0.15, -0.1) is 11.6 Å². The van der Waals surface area contributed by atoms with Gasteiger partial charge < -0.3 is 10.6 Å². The van der Waals surface area contributed by atoms with Crippen LogP contribution in [0, 0.1) is 6.92 Å². The number of rotatable bonds is 3. The summed E-state index contributed by atoms with van der Waals surface area (Å²) in [4.78, 5) is 11.2. The topological polar surface area (TPSA) is 41.1 Å². The molecule has 5 heteroatoms. The lowest BCUT2D eigenvalue weighted by atomic mass is 10.2. The number of anilines is 1. The number of carbonyl (C=O) groups is 1. The molecular weight excluding hydrogens is 235 g/mol. The van der Waals surface area contributed by atoms with Crippen LogP contribution in [0.2, 0.25) is 5.02 Å². The Balaban J connectivity index is 2.57. The number of aryl methyl sites for hydroxylation is 1. The molecule has 2 amide bonds. The highest BCUT2D eigenvalue weighted by Crippen LogP contribution is 2.19. The molecule has 0 aliphatic heterocycles. The van der Waals surface area contributed by atoms with Crippen molar-refractivity contribution in [1.82, 2.24) is 5.32 Å². The number of benzene rings is 1. The highest BCUT2D eigenvalue weighted by atomic mass is 35.5. The summed E-state index contributed by atoms with van der Waals surface area (Å²) in [6, 6.07) is 5.06. The van der Waals surface area contributed by atoms with Gasteiger partial charge in [0.1, 0.15) is 0 Å². The van der Waals surface area contributed by atoms with Gasteiger partial charge in [0.2, 0.25) is 0 Å². The van der Waals surface area contributed by atoms with Gasteiger partial charge in [0, 0.05) is 23.1 Å². The molecule has 1 rings (SSSR count). The van der Waals surface area contributed by atoms with Crippen molar-refractivity contribution >= 4 is 34.9 Å². The number of hydrogen-bond donors (Lipinski definition) is 2. The van der Waals surface area contributed by atoms with Gasteiger partial charge in [-0.3, -0.25) is 0 Å². The molecule has 0 bridgehead atoms. The number of alkyl halides is 1. The van der Waals surface area contributed by atoms with E-state index in [1.165, 1.54) is 0 Å². The first-order valence-electron chi connectivity index (χ1n) is 4.50. The smallest absolute Gasteiger partial charge is 0.319 e. The predicted octanol–water partition coefficient (Wildman–Crippen LogP) is 3.01. The minimum Gasteiger partial charge on any atom is -0.337 e. The van der Waals surface area contributed by atoms with Crippen LogP contribution in [0.1, 0.15) is 5.56 Å². The van der Waals surface area contributed by atoms with Crippen molar-refractivity contribution in [1.29, 1.82) is 0 Å². The summed E-state index contributed by atoms with van der Waals surface area (Å²) in [6.07, 6.45) is 0. The van der Waals surface area contributed by atoms with Crippen LogP contribution in [-0.2, 0) is 0 Å². The van der Waals surface area contributed by atoms with Crippen LogP contribution in [-0.4, -0.2) is 18.5 Å². The SMILES string of the molecule is Cc1ccc(NC(=O)NCCCl)cc1Cl. The summed E-state index contributed by atoms with van der Waals surface area (Å²) in [7, 11) is 0. The average molecular weight is 247 g/mol. The molecule has 15 heavy (non-hydrogen) atoms. The first-order chi connectivity index (χ1) is 7.13. The van der Waals surface area contributed by atoms with E-state index in [2.05, 4.69) is 10.6 Å². The fraction of sp³-hybridized carbons (Fsp3) is 0.300. The zero-order valence-electron chi connectivity index (χ0n) is 8.31. The largest absolute Gasteiger partial charge is 0.337 e. The third-order valence-electron chi connectivity index (χ3n) is 1.81. The summed E-state index contributed by atoms with van der Waals surface area (Å²) < 4.78 is 0. The first kappa shape index (κ1) is 12.1. The van der Waals surface area contributed by atoms with E-state index in [4.69, 9.17) is 23.2 Å². The number of amides is 2. The summed E-state index contributed by atoms with van der Waals surface area (Å²) in [5, 5.41) is 5.87. The highest BCUT2D eigenvalue weighted by Gasteiger charge is 2.02. The second kappa shape index (κ2) is 5.83. The van der Waals surface area contributed by atoms with Crippen molar-refractivity contribution in [2.75, 3.05) is 17.7 Å². The van der Waals surface area contributed by atoms with Crippen LogP contribution in [0.25, 0.3) is 0 Å². The van der Waals surface area contributed by atoms with Gasteiger partial charge in [-0.1, -0.05) is 17.7 Å². The molecule has 0 heterocycles. The molecule has 0 aromatic heterocycles. The molecule has 0 aliphatic rings. The molecule has 0 aliphatic carbocycles. The van der Waals surface area contributed by atoms with Gasteiger partial charge in [-0.2, -0.15) is 0 Å². The van der Waals surface area contributed by atoms with E-state index < -0.39 is 0 Å². The van der Waals surface area contributed by atoms with Crippen molar-refractivity contribution in [2.45, 2.75) is 6.92 Å². The van der Waals surface area contributed by atoms with Gasteiger partial charge in [-0.25, -0.2) is 4.79 Å². The first-order valence-corrected chi connectivity index (χ1v) is 5.41. The Labute approximate surface area is 98.8 Å². The van der Waals surface area contributed by atoms with Crippen molar-refractivity contribution in [3.8, 4) is 0 Å². The molecule has 0 saturated heterocycles. The van der Waals surface area contributed by atoms with E-state index in [1.54, 1.807) is 12.1 Å². The van der Waals surface area contributed by atoms with Gasteiger partial charge in [-0.05, 0) is 24.6 Å². The van der Waals surface area contributed by atoms with E-state index in [1.807, 2.05) is 13.0 Å². The number of nitrogens with one attached hydrogen (secondary N) is 2. The Morgan fingerprint density at radius 2 is 2.20 bits per heavy atom. The third kappa shape index (κ3) is 3.98. The van der Waals surface area contributed by atoms with Crippen molar-refractivity contribution < 1.29 is 4.79 Å². The minimum absolute atomic E-state index is 0.282. The standard InChI is InChI=1S/C10H12Cl2N2O/c1-7-2-3-8(6-9(7)12)14-10(15)13-5-4-11/h2-3,6H,4-5H2,1H3,(H2,13,14,15). The lowest BCUT2D eigenvalue weighted by molar-refractivity contribution is 0.252. The zero-order valence-corrected chi connectivity index (χ0v) is 9.82. The van der Waals surface area contributed by atoms with E-state index in [0.717, 1.165) is 5.56 Å². The molecule has 0 unspecified atom stereocenters. The van der Waals surface area contributed by atoms with Gasteiger partial charge in [0.15, 0.2) is 0 Å². The molecule has 3 nitrogen and oxygen atoms in total. The lowest BCUT2D eigenvalue weighted by Crippen LogP contribution is -2.30. The minimum atomic E-state index is -0.282. The maximum absolute atomic E-state index is 11.2. The summed E-state index contributed by atoms with van der Waals surface area (Å²) in [6.45, 7) is 2.34. The van der Waals surface area contributed by atoms with Crippen LogP contribution in [0.15, 0.2) is 18.2 Å². The second-order valence-electron chi connectivity index (χ2n) is 3.03. The van der Waals surface area contributed by atoms with Gasteiger partial charge >= 0.3 is 6.03 Å². The fourth-order valence-corrected chi connectivity index (χ4v) is 1.28. The predicted molar refractivity (Wildman–Crippen MR) is 63.9 cm³/mol. The van der Waals surface area contributed by atoms with Crippen LogP contribution < -0.4 is 10.6 Å². The normalized spacial score (nSPS) is 9.80. The quantitative estimate of drug-likeness (QED) is 0.792. The number of urea groups is 1. The number of halogens is 2.